The molecular weight excluding hydrogens is 373 g/mol. The quantitative estimate of drug-likeness (QED) is 0.487. The van der Waals surface area contributed by atoms with Crippen LogP contribution < -0.4 is 5.32 Å². The molecule has 0 unspecified atom stereocenters. The van der Waals surface area contributed by atoms with E-state index in [1.807, 2.05) is 31.0 Å². The lowest BCUT2D eigenvalue weighted by Gasteiger charge is -2.20. The van der Waals surface area contributed by atoms with E-state index in [2.05, 4.69) is 20.6 Å². The molecule has 2 heterocycles. The van der Waals surface area contributed by atoms with Gasteiger partial charge in [0.25, 0.3) is 0 Å². The Bertz CT molecular complexity index is 538. The molecule has 0 radical (unpaired) electrons. The molecule has 0 fully saturated rings. The van der Waals surface area contributed by atoms with Gasteiger partial charge in [-0.1, -0.05) is 10.3 Å². The van der Waals surface area contributed by atoms with Crippen LogP contribution in [-0.2, 0) is 13.1 Å². The number of aromatic nitrogens is 2. The summed E-state index contributed by atoms with van der Waals surface area (Å²) in [6.45, 7) is 3.04. The Balaban J connectivity index is 0.00000200. The standard InChI is InChI=1S/C12H17N5O2.HI/c1-9-6-11(19-15-9)7-14-12(13-2)17(3)8-10-4-5-18-16-10;/h4-6H,7-8H2,1-3H3,(H,13,14);1H. The summed E-state index contributed by atoms with van der Waals surface area (Å²) in [4.78, 5) is 6.15. The van der Waals surface area contributed by atoms with Crippen molar-refractivity contribution in [3.8, 4) is 0 Å². The number of hydrogen-bond donors (Lipinski definition) is 1. The minimum atomic E-state index is 0. The molecule has 0 bridgehead atoms. The van der Waals surface area contributed by atoms with E-state index in [-0.39, 0.29) is 24.0 Å². The molecule has 1 N–H and O–H groups in total. The maximum Gasteiger partial charge on any atom is 0.194 e. The normalized spacial score (nSPS) is 11.1. The van der Waals surface area contributed by atoms with Gasteiger partial charge in [-0.05, 0) is 6.92 Å². The Hall–Kier alpha value is -1.58. The Morgan fingerprint density at radius 2 is 2.25 bits per heavy atom. The second-order valence-electron chi connectivity index (χ2n) is 4.18. The van der Waals surface area contributed by atoms with E-state index in [1.165, 1.54) is 0 Å². The van der Waals surface area contributed by atoms with Crippen molar-refractivity contribution in [3.63, 3.8) is 0 Å². The third kappa shape index (κ3) is 4.51. The van der Waals surface area contributed by atoms with Crippen LogP contribution in [0.2, 0.25) is 0 Å². The van der Waals surface area contributed by atoms with Crippen molar-refractivity contribution in [3.05, 3.63) is 35.5 Å². The minimum absolute atomic E-state index is 0. The highest BCUT2D eigenvalue weighted by atomic mass is 127. The highest BCUT2D eigenvalue weighted by Crippen LogP contribution is 2.03. The van der Waals surface area contributed by atoms with Crippen LogP contribution in [0.25, 0.3) is 0 Å². The van der Waals surface area contributed by atoms with Crippen molar-refractivity contribution in [2.24, 2.45) is 4.99 Å². The van der Waals surface area contributed by atoms with Gasteiger partial charge in [-0.2, -0.15) is 0 Å². The van der Waals surface area contributed by atoms with Gasteiger partial charge in [0.2, 0.25) is 0 Å². The molecule has 8 heteroatoms. The molecule has 2 aromatic rings. The van der Waals surface area contributed by atoms with Gasteiger partial charge in [0.15, 0.2) is 11.7 Å². The van der Waals surface area contributed by atoms with Crippen molar-refractivity contribution in [1.82, 2.24) is 20.5 Å². The molecule has 20 heavy (non-hydrogen) atoms. The highest BCUT2D eigenvalue weighted by molar-refractivity contribution is 14.0. The summed E-state index contributed by atoms with van der Waals surface area (Å²) in [5.41, 5.74) is 1.71. The van der Waals surface area contributed by atoms with E-state index in [1.54, 1.807) is 13.3 Å². The molecule has 0 spiro atoms. The van der Waals surface area contributed by atoms with Gasteiger partial charge in [-0.15, -0.1) is 24.0 Å². The predicted molar refractivity (Wildman–Crippen MR) is 84.8 cm³/mol. The lowest BCUT2D eigenvalue weighted by molar-refractivity contribution is 0.370. The molecule has 2 aromatic heterocycles. The summed E-state index contributed by atoms with van der Waals surface area (Å²) < 4.78 is 9.93. The number of rotatable bonds is 4. The number of nitrogens with zero attached hydrogens (tertiary/aromatic N) is 4. The highest BCUT2D eigenvalue weighted by Gasteiger charge is 2.09. The van der Waals surface area contributed by atoms with Crippen LogP contribution in [0, 0.1) is 6.92 Å². The Morgan fingerprint density at radius 3 is 2.80 bits per heavy atom. The lowest BCUT2D eigenvalue weighted by Crippen LogP contribution is -2.38. The van der Waals surface area contributed by atoms with Gasteiger partial charge in [-0.25, -0.2) is 0 Å². The van der Waals surface area contributed by atoms with E-state index in [0.29, 0.717) is 13.1 Å². The number of hydrogen-bond acceptors (Lipinski definition) is 5. The first kappa shape index (κ1) is 16.5. The van der Waals surface area contributed by atoms with Gasteiger partial charge in [0.1, 0.15) is 12.0 Å². The maximum atomic E-state index is 5.13. The number of aliphatic imine (C=N–C) groups is 1. The van der Waals surface area contributed by atoms with E-state index >= 15 is 0 Å². The summed E-state index contributed by atoms with van der Waals surface area (Å²) in [6, 6.07) is 3.71. The van der Waals surface area contributed by atoms with Crippen molar-refractivity contribution >= 4 is 29.9 Å². The fourth-order valence-corrected chi connectivity index (χ4v) is 1.69. The predicted octanol–water partition coefficient (Wildman–Crippen LogP) is 1.80. The zero-order chi connectivity index (χ0) is 13.7. The molecule has 2 rings (SSSR count). The molecule has 7 nitrogen and oxygen atoms in total. The minimum Gasteiger partial charge on any atom is -0.364 e. The molecular formula is C12H18IN5O2. The average Bonchev–Trinajstić information content (AvgIpc) is 3.02. The van der Waals surface area contributed by atoms with E-state index in [9.17, 15) is 0 Å². The van der Waals surface area contributed by atoms with Crippen LogP contribution in [0.15, 0.2) is 32.4 Å². The van der Waals surface area contributed by atoms with Crippen molar-refractivity contribution in [2.45, 2.75) is 20.0 Å². The third-order valence-corrected chi connectivity index (χ3v) is 2.56. The average molecular weight is 391 g/mol. The summed E-state index contributed by atoms with van der Waals surface area (Å²) in [7, 11) is 3.66. The maximum absolute atomic E-state index is 5.13. The van der Waals surface area contributed by atoms with E-state index in [4.69, 9.17) is 9.05 Å². The van der Waals surface area contributed by atoms with Crippen LogP contribution >= 0.6 is 24.0 Å². The first-order chi connectivity index (χ1) is 9.19. The molecule has 0 aliphatic rings. The Labute approximate surface area is 134 Å². The Morgan fingerprint density at radius 1 is 1.45 bits per heavy atom. The van der Waals surface area contributed by atoms with Gasteiger partial charge in [0, 0.05) is 26.2 Å². The fourth-order valence-electron chi connectivity index (χ4n) is 1.69. The van der Waals surface area contributed by atoms with Crippen molar-refractivity contribution in [1.29, 1.82) is 0 Å². The summed E-state index contributed by atoms with van der Waals surface area (Å²) >= 11 is 0. The molecule has 0 aliphatic heterocycles. The Kier molecular flexibility index (Phi) is 6.49. The number of nitrogens with one attached hydrogen (secondary N) is 1. The first-order valence-corrected chi connectivity index (χ1v) is 5.92. The van der Waals surface area contributed by atoms with Crippen LogP contribution in [0.3, 0.4) is 0 Å². The lowest BCUT2D eigenvalue weighted by atomic mass is 10.4. The van der Waals surface area contributed by atoms with Crippen LogP contribution in [0.4, 0.5) is 0 Å². The molecule has 0 saturated carbocycles. The SMILES string of the molecule is CN=C(NCc1cc(C)no1)N(C)Cc1ccon1.I. The van der Waals surface area contributed by atoms with Crippen LogP contribution in [-0.4, -0.2) is 35.3 Å². The van der Waals surface area contributed by atoms with Gasteiger partial charge in [-0.3, -0.25) is 4.99 Å². The summed E-state index contributed by atoms with van der Waals surface area (Å²) in [6.07, 6.45) is 1.55. The van der Waals surface area contributed by atoms with Crippen molar-refractivity contribution < 1.29 is 9.05 Å². The zero-order valence-electron chi connectivity index (χ0n) is 11.7. The van der Waals surface area contributed by atoms with Gasteiger partial charge < -0.3 is 19.3 Å². The largest absolute Gasteiger partial charge is 0.364 e. The van der Waals surface area contributed by atoms with E-state index in [0.717, 1.165) is 23.1 Å². The molecule has 0 saturated heterocycles. The topological polar surface area (TPSA) is 79.7 Å². The smallest absolute Gasteiger partial charge is 0.194 e. The number of aryl methyl sites for hydroxylation is 1. The molecule has 110 valence electrons. The molecule has 0 atom stereocenters. The first-order valence-electron chi connectivity index (χ1n) is 5.92. The van der Waals surface area contributed by atoms with Gasteiger partial charge >= 0.3 is 0 Å². The second-order valence-corrected chi connectivity index (χ2v) is 4.18. The van der Waals surface area contributed by atoms with Crippen molar-refractivity contribution in [2.75, 3.05) is 14.1 Å². The van der Waals surface area contributed by atoms with E-state index < -0.39 is 0 Å². The summed E-state index contributed by atoms with van der Waals surface area (Å²) in [5, 5.41) is 10.9. The number of guanidine groups is 1. The van der Waals surface area contributed by atoms with Crippen LogP contribution in [0.1, 0.15) is 17.1 Å². The molecule has 0 amide bonds. The fraction of sp³-hybridized carbons (Fsp3) is 0.417. The molecule has 0 aromatic carbocycles. The van der Waals surface area contributed by atoms with Crippen LogP contribution in [0.5, 0.6) is 0 Å². The summed E-state index contributed by atoms with van der Waals surface area (Å²) in [5.74, 6) is 1.52. The molecule has 0 aliphatic carbocycles. The third-order valence-electron chi connectivity index (χ3n) is 2.56. The van der Waals surface area contributed by atoms with Gasteiger partial charge in [0.05, 0.1) is 18.8 Å². The second kappa shape index (κ2) is 7.88. The monoisotopic (exact) mass is 391 g/mol. The zero-order valence-corrected chi connectivity index (χ0v) is 14.0. The number of halogens is 1.